The van der Waals surface area contributed by atoms with E-state index >= 15 is 0 Å². The largest absolute Gasteiger partial charge is 0.320 e. The van der Waals surface area contributed by atoms with Crippen LogP contribution < -0.4 is 5.32 Å². The molecule has 8 heteroatoms. The van der Waals surface area contributed by atoms with E-state index in [0.717, 1.165) is 12.8 Å². The Morgan fingerprint density at radius 3 is 2.74 bits per heavy atom. The molecule has 1 aliphatic rings. The molecular formula is C15H17N3O3S2. The van der Waals surface area contributed by atoms with E-state index in [1.165, 1.54) is 21.7 Å². The van der Waals surface area contributed by atoms with Gasteiger partial charge in [0.2, 0.25) is 10.0 Å². The van der Waals surface area contributed by atoms with Crippen molar-refractivity contribution in [3.05, 3.63) is 40.3 Å². The third kappa shape index (κ3) is 3.29. The molecular weight excluding hydrogens is 334 g/mol. The number of aromatic nitrogens is 1. The van der Waals surface area contributed by atoms with Crippen molar-refractivity contribution < 1.29 is 13.2 Å². The highest BCUT2D eigenvalue weighted by Crippen LogP contribution is 2.30. The molecule has 1 saturated heterocycles. The van der Waals surface area contributed by atoms with E-state index in [0.29, 0.717) is 28.5 Å². The molecule has 3 rings (SSSR count). The van der Waals surface area contributed by atoms with Gasteiger partial charge in [-0.15, -0.1) is 11.3 Å². The van der Waals surface area contributed by atoms with E-state index in [1.54, 1.807) is 31.5 Å². The van der Waals surface area contributed by atoms with E-state index < -0.39 is 10.0 Å². The van der Waals surface area contributed by atoms with Crippen LogP contribution in [0.5, 0.6) is 0 Å². The van der Waals surface area contributed by atoms with Crippen LogP contribution in [0.1, 0.15) is 27.4 Å². The summed E-state index contributed by atoms with van der Waals surface area (Å²) < 4.78 is 26.8. The van der Waals surface area contributed by atoms with Crippen molar-refractivity contribution in [2.75, 3.05) is 18.4 Å². The zero-order valence-corrected chi connectivity index (χ0v) is 14.3. The smallest absolute Gasteiger partial charge is 0.265 e. The van der Waals surface area contributed by atoms with Crippen LogP contribution in [0.2, 0.25) is 0 Å². The van der Waals surface area contributed by atoms with Crippen molar-refractivity contribution in [2.24, 2.45) is 0 Å². The molecule has 1 fully saturated rings. The first-order chi connectivity index (χ1) is 11.0. The molecule has 1 amide bonds. The molecule has 0 aromatic carbocycles. The van der Waals surface area contributed by atoms with Crippen molar-refractivity contribution in [3.8, 4) is 0 Å². The highest BCUT2D eigenvalue weighted by molar-refractivity contribution is 7.89. The molecule has 0 aliphatic carbocycles. The maximum absolute atomic E-state index is 12.6. The summed E-state index contributed by atoms with van der Waals surface area (Å²) in [5.74, 6) is -0.325. The summed E-state index contributed by atoms with van der Waals surface area (Å²) in [4.78, 5) is 17.5. The summed E-state index contributed by atoms with van der Waals surface area (Å²) in [5, 5.41) is 2.72. The standard InChI is InChI=1S/C15H17N3O3S2/c1-11-14(23(20,21)18-7-2-3-8-18)9-13(22-11)15(19)17-12-5-4-6-16-10-12/h4-6,9-10H,2-3,7-8H2,1H3,(H,17,19). The molecule has 0 unspecified atom stereocenters. The summed E-state index contributed by atoms with van der Waals surface area (Å²) in [5.41, 5.74) is 0.576. The number of anilines is 1. The number of rotatable bonds is 4. The normalized spacial score (nSPS) is 15.7. The molecule has 122 valence electrons. The molecule has 0 atom stereocenters. The van der Waals surface area contributed by atoms with Crippen molar-refractivity contribution in [3.63, 3.8) is 0 Å². The highest BCUT2D eigenvalue weighted by Gasteiger charge is 2.30. The fourth-order valence-electron chi connectivity index (χ4n) is 2.53. The Balaban J connectivity index is 1.84. The molecule has 1 aliphatic heterocycles. The fourth-order valence-corrected chi connectivity index (χ4v) is 5.50. The van der Waals surface area contributed by atoms with Gasteiger partial charge in [-0.2, -0.15) is 4.31 Å². The van der Waals surface area contributed by atoms with Crippen LogP contribution in [0.3, 0.4) is 0 Å². The van der Waals surface area contributed by atoms with Crippen LogP contribution in [-0.2, 0) is 10.0 Å². The Kier molecular flexibility index (Phi) is 4.47. The summed E-state index contributed by atoms with van der Waals surface area (Å²) in [6.07, 6.45) is 4.93. The number of thiophene rings is 1. The number of amides is 1. The summed E-state index contributed by atoms with van der Waals surface area (Å²) >= 11 is 1.19. The maximum atomic E-state index is 12.6. The zero-order valence-electron chi connectivity index (χ0n) is 12.7. The third-order valence-corrected chi connectivity index (χ3v) is 6.90. The van der Waals surface area contributed by atoms with Gasteiger partial charge < -0.3 is 5.32 Å². The zero-order chi connectivity index (χ0) is 16.4. The fraction of sp³-hybridized carbons (Fsp3) is 0.333. The van der Waals surface area contributed by atoms with Gasteiger partial charge in [-0.05, 0) is 38.0 Å². The molecule has 23 heavy (non-hydrogen) atoms. The average Bonchev–Trinajstić information content (AvgIpc) is 3.18. The molecule has 0 bridgehead atoms. The van der Waals surface area contributed by atoms with Gasteiger partial charge in [-0.25, -0.2) is 8.42 Å². The van der Waals surface area contributed by atoms with Gasteiger partial charge in [0.05, 0.1) is 21.7 Å². The van der Waals surface area contributed by atoms with Crippen molar-refractivity contribution in [1.82, 2.24) is 9.29 Å². The first-order valence-corrected chi connectivity index (χ1v) is 9.56. The van der Waals surface area contributed by atoms with Gasteiger partial charge in [0.1, 0.15) is 0 Å². The van der Waals surface area contributed by atoms with Gasteiger partial charge in [0.15, 0.2) is 0 Å². The quantitative estimate of drug-likeness (QED) is 0.918. The Hall–Kier alpha value is -1.77. The lowest BCUT2D eigenvalue weighted by Gasteiger charge is -2.14. The predicted molar refractivity (Wildman–Crippen MR) is 89.2 cm³/mol. The number of sulfonamides is 1. The number of carbonyl (C=O) groups excluding carboxylic acids is 1. The number of hydrogen-bond acceptors (Lipinski definition) is 5. The van der Waals surface area contributed by atoms with Crippen molar-refractivity contribution >= 4 is 33.0 Å². The molecule has 3 heterocycles. The summed E-state index contributed by atoms with van der Waals surface area (Å²) in [6.45, 7) is 2.83. The van der Waals surface area contributed by atoms with Crippen LogP contribution in [0.15, 0.2) is 35.5 Å². The number of aryl methyl sites for hydroxylation is 1. The Labute approximate surface area is 139 Å². The van der Waals surface area contributed by atoms with Crippen LogP contribution in [0.4, 0.5) is 5.69 Å². The van der Waals surface area contributed by atoms with Crippen molar-refractivity contribution in [1.29, 1.82) is 0 Å². The minimum atomic E-state index is -3.50. The van der Waals surface area contributed by atoms with E-state index in [9.17, 15) is 13.2 Å². The number of hydrogen-bond donors (Lipinski definition) is 1. The van der Waals surface area contributed by atoms with Crippen LogP contribution in [0.25, 0.3) is 0 Å². The molecule has 2 aromatic rings. The van der Waals surface area contributed by atoms with Gasteiger partial charge in [-0.1, -0.05) is 0 Å². The number of nitrogens with zero attached hydrogens (tertiary/aromatic N) is 2. The first-order valence-electron chi connectivity index (χ1n) is 7.30. The Morgan fingerprint density at radius 1 is 1.35 bits per heavy atom. The lowest BCUT2D eigenvalue weighted by molar-refractivity contribution is 0.103. The molecule has 1 N–H and O–H groups in total. The van der Waals surface area contributed by atoms with Gasteiger partial charge in [-0.3, -0.25) is 9.78 Å². The molecule has 0 radical (unpaired) electrons. The second kappa shape index (κ2) is 6.38. The topological polar surface area (TPSA) is 79.4 Å². The minimum absolute atomic E-state index is 0.237. The Bertz CT molecular complexity index is 810. The number of nitrogens with one attached hydrogen (secondary N) is 1. The SMILES string of the molecule is Cc1sc(C(=O)Nc2cccnc2)cc1S(=O)(=O)N1CCCC1. The second-order valence-corrected chi connectivity index (χ2v) is 8.50. The first kappa shape index (κ1) is 16.1. The van der Waals surface area contributed by atoms with E-state index in [1.807, 2.05) is 0 Å². The predicted octanol–water partition coefficient (Wildman–Crippen LogP) is 2.49. The minimum Gasteiger partial charge on any atom is -0.320 e. The van der Waals surface area contributed by atoms with Gasteiger partial charge in [0.25, 0.3) is 5.91 Å². The summed E-state index contributed by atoms with van der Waals surface area (Å²) in [7, 11) is -3.50. The second-order valence-electron chi connectivity index (χ2n) is 5.34. The van der Waals surface area contributed by atoms with E-state index in [2.05, 4.69) is 10.3 Å². The molecule has 0 spiro atoms. The molecule has 2 aromatic heterocycles. The summed E-state index contributed by atoms with van der Waals surface area (Å²) in [6, 6.07) is 4.92. The maximum Gasteiger partial charge on any atom is 0.265 e. The van der Waals surface area contributed by atoms with Crippen LogP contribution in [0, 0.1) is 6.92 Å². The lowest BCUT2D eigenvalue weighted by Crippen LogP contribution is -2.28. The lowest BCUT2D eigenvalue weighted by atomic mass is 10.4. The van der Waals surface area contributed by atoms with Gasteiger partial charge >= 0.3 is 0 Å². The van der Waals surface area contributed by atoms with E-state index in [-0.39, 0.29) is 10.8 Å². The van der Waals surface area contributed by atoms with E-state index in [4.69, 9.17) is 0 Å². The monoisotopic (exact) mass is 351 g/mol. The van der Waals surface area contributed by atoms with Crippen LogP contribution in [-0.4, -0.2) is 36.7 Å². The average molecular weight is 351 g/mol. The highest BCUT2D eigenvalue weighted by atomic mass is 32.2. The number of carbonyl (C=O) groups is 1. The Morgan fingerprint density at radius 2 is 2.09 bits per heavy atom. The van der Waals surface area contributed by atoms with Crippen molar-refractivity contribution in [2.45, 2.75) is 24.7 Å². The van der Waals surface area contributed by atoms with Gasteiger partial charge in [0, 0.05) is 24.2 Å². The number of pyridine rings is 1. The molecule has 6 nitrogen and oxygen atoms in total. The molecule has 0 saturated carbocycles. The third-order valence-electron chi connectivity index (χ3n) is 3.70. The van der Waals surface area contributed by atoms with Crippen LogP contribution >= 0.6 is 11.3 Å².